The Balaban J connectivity index is 2.35. The van der Waals surface area contributed by atoms with Crippen LogP contribution in [0.3, 0.4) is 0 Å². The van der Waals surface area contributed by atoms with Crippen LogP contribution in [0.1, 0.15) is 24.2 Å². The lowest BCUT2D eigenvalue weighted by Gasteiger charge is -2.17. The van der Waals surface area contributed by atoms with Gasteiger partial charge in [0.1, 0.15) is 6.33 Å². The zero-order valence-electron chi connectivity index (χ0n) is 10.5. The van der Waals surface area contributed by atoms with E-state index in [-0.39, 0.29) is 6.04 Å². The predicted octanol–water partition coefficient (Wildman–Crippen LogP) is 1.58. The summed E-state index contributed by atoms with van der Waals surface area (Å²) in [6.07, 6.45) is 5.10. The molecule has 2 heterocycles. The highest BCUT2D eigenvalue weighted by molar-refractivity contribution is 5.27. The van der Waals surface area contributed by atoms with Gasteiger partial charge in [-0.3, -0.25) is 4.98 Å². The molecule has 5 nitrogen and oxygen atoms in total. The van der Waals surface area contributed by atoms with Crippen LogP contribution in [0.4, 0.5) is 0 Å². The molecule has 2 aromatic rings. The van der Waals surface area contributed by atoms with Crippen molar-refractivity contribution in [2.24, 2.45) is 0 Å². The van der Waals surface area contributed by atoms with Crippen molar-refractivity contribution in [1.82, 2.24) is 20.3 Å². The summed E-state index contributed by atoms with van der Waals surface area (Å²) in [5, 5.41) is 3.38. The van der Waals surface area contributed by atoms with Crippen LogP contribution in [0.2, 0.25) is 0 Å². The molecular weight excluding hydrogens is 228 g/mol. The summed E-state index contributed by atoms with van der Waals surface area (Å²) >= 11 is 0. The minimum absolute atomic E-state index is 0.000556. The molecule has 94 valence electrons. The summed E-state index contributed by atoms with van der Waals surface area (Å²) < 4.78 is 5.12. The van der Waals surface area contributed by atoms with E-state index in [0.29, 0.717) is 5.88 Å². The maximum absolute atomic E-state index is 5.12. The second-order valence-corrected chi connectivity index (χ2v) is 3.76. The van der Waals surface area contributed by atoms with E-state index >= 15 is 0 Å². The highest BCUT2D eigenvalue weighted by Gasteiger charge is 2.15. The average Bonchev–Trinajstić information content (AvgIpc) is 2.46. The number of pyridine rings is 1. The molecule has 0 aliphatic carbocycles. The van der Waals surface area contributed by atoms with Crippen molar-refractivity contribution < 1.29 is 4.74 Å². The molecule has 0 fully saturated rings. The fourth-order valence-electron chi connectivity index (χ4n) is 1.77. The van der Waals surface area contributed by atoms with Gasteiger partial charge in [0, 0.05) is 18.5 Å². The van der Waals surface area contributed by atoms with Gasteiger partial charge in [-0.2, -0.15) is 0 Å². The lowest BCUT2D eigenvalue weighted by Crippen LogP contribution is -2.23. The Labute approximate surface area is 106 Å². The van der Waals surface area contributed by atoms with Crippen LogP contribution in [0, 0.1) is 0 Å². The van der Waals surface area contributed by atoms with E-state index in [2.05, 4.69) is 27.2 Å². The van der Waals surface area contributed by atoms with Crippen LogP contribution in [-0.4, -0.2) is 28.6 Å². The first-order chi connectivity index (χ1) is 8.85. The zero-order valence-corrected chi connectivity index (χ0v) is 10.5. The lowest BCUT2D eigenvalue weighted by molar-refractivity contribution is 0.395. The molecule has 5 heteroatoms. The normalized spacial score (nSPS) is 12.1. The van der Waals surface area contributed by atoms with E-state index in [1.807, 2.05) is 24.4 Å². The number of nitrogens with one attached hydrogen (secondary N) is 1. The third-order valence-electron chi connectivity index (χ3n) is 2.59. The van der Waals surface area contributed by atoms with E-state index in [9.17, 15) is 0 Å². The van der Waals surface area contributed by atoms with E-state index in [1.165, 1.54) is 6.33 Å². The highest BCUT2D eigenvalue weighted by atomic mass is 16.5. The van der Waals surface area contributed by atoms with Crippen molar-refractivity contribution in [2.45, 2.75) is 13.0 Å². The summed E-state index contributed by atoms with van der Waals surface area (Å²) in [5.74, 6) is 0.562. The van der Waals surface area contributed by atoms with Gasteiger partial charge in [-0.25, -0.2) is 9.97 Å². The standard InChI is InChI=1S/C13H16N4O/c1-3-15-13(10-5-4-6-14-8-10)11-7-12(18-2)17-9-16-11/h4-9,13,15H,3H2,1-2H3. The van der Waals surface area contributed by atoms with Crippen molar-refractivity contribution >= 4 is 0 Å². The van der Waals surface area contributed by atoms with E-state index in [4.69, 9.17) is 4.74 Å². The summed E-state index contributed by atoms with van der Waals surface area (Å²) in [5.41, 5.74) is 1.94. The molecule has 0 aliphatic heterocycles. The molecule has 0 bridgehead atoms. The van der Waals surface area contributed by atoms with Crippen molar-refractivity contribution in [3.8, 4) is 5.88 Å². The molecule has 18 heavy (non-hydrogen) atoms. The topological polar surface area (TPSA) is 59.9 Å². The number of hydrogen-bond donors (Lipinski definition) is 1. The number of hydrogen-bond acceptors (Lipinski definition) is 5. The number of aromatic nitrogens is 3. The molecule has 0 spiro atoms. The molecular formula is C13H16N4O. The Hall–Kier alpha value is -2.01. The largest absolute Gasteiger partial charge is 0.481 e. The monoisotopic (exact) mass is 244 g/mol. The minimum Gasteiger partial charge on any atom is -0.481 e. The first-order valence-electron chi connectivity index (χ1n) is 5.84. The maximum Gasteiger partial charge on any atom is 0.216 e. The van der Waals surface area contributed by atoms with Gasteiger partial charge >= 0.3 is 0 Å². The van der Waals surface area contributed by atoms with Crippen LogP contribution >= 0.6 is 0 Å². The Morgan fingerprint density at radius 1 is 1.39 bits per heavy atom. The second kappa shape index (κ2) is 6.07. The molecule has 1 unspecified atom stereocenters. The lowest BCUT2D eigenvalue weighted by atomic mass is 10.1. The smallest absolute Gasteiger partial charge is 0.216 e. The minimum atomic E-state index is 0.000556. The van der Waals surface area contributed by atoms with E-state index in [1.54, 1.807) is 13.3 Å². The summed E-state index contributed by atoms with van der Waals surface area (Å²) in [6, 6.07) is 5.77. The van der Waals surface area contributed by atoms with E-state index < -0.39 is 0 Å². The second-order valence-electron chi connectivity index (χ2n) is 3.76. The quantitative estimate of drug-likeness (QED) is 0.865. The Kier molecular flexibility index (Phi) is 4.20. The summed E-state index contributed by atoms with van der Waals surface area (Å²) in [4.78, 5) is 12.5. The van der Waals surface area contributed by atoms with Crippen LogP contribution < -0.4 is 10.1 Å². The molecule has 1 atom stereocenters. The Bertz CT molecular complexity index is 489. The predicted molar refractivity (Wildman–Crippen MR) is 68.3 cm³/mol. The highest BCUT2D eigenvalue weighted by Crippen LogP contribution is 2.21. The number of rotatable bonds is 5. The SMILES string of the molecule is CCNC(c1cccnc1)c1cc(OC)ncn1. The van der Waals surface area contributed by atoms with Crippen molar-refractivity contribution in [1.29, 1.82) is 0 Å². The van der Waals surface area contributed by atoms with Gasteiger partial charge in [0.2, 0.25) is 5.88 Å². The average molecular weight is 244 g/mol. The fourth-order valence-corrected chi connectivity index (χ4v) is 1.77. The molecule has 0 saturated carbocycles. The zero-order chi connectivity index (χ0) is 12.8. The molecule has 0 aliphatic rings. The van der Waals surface area contributed by atoms with Crippen LogP contribution in [0.5, 0.6) is 5.88 Å². The maximum atomic E-state index is 5.12. The molecule has 0 saturated heterocycles. The van der Waals surface area contributed by atoms with Crippen LogP contribution in [-0.2, 0) is 0 Å². The van der Waals surface area contributed by atoms with Gasteiger partial charge in [-0.15, -0.1) is 0 Å². The summed E-state index contributed by atoms with van der Waals surface area (Å²) in [6.45, 7) is 2.90. The van der Waals surface area contributed by atoms with Crippen molar-refractivity contribution in [3.63, 3.8) is 0 Å². The first-order valence-corrected chi connectivity index (χ1v) is 5.84. The van der Waals surface area contributed by atoms with Gasteiger partial charge in [0.25, 0.3) is 0 Å². The Morgan fingerprint density at radius 2 is 2.28 bits per heavy atom. The fraction of sp³-hybridized carbons (Fsp3) is 0.308. The van der Waals surface area contributed by atoms with Crippen LogP contribution in [0.15, 0.2) is 36.9 Å². The van der Waals surface area contributed by atoms with Gasteiger partial charge in [0.15, 0.2) is 0 Å². The van der Waals surface area contributed by atoms with Crippen molar-refractivity contribution in [3.05, 3.63) is 48.2 Å². The number of methoxy groups -OCH3 is 1. The molecule has 2 rings (SSSR count). The van der Waals surface area contributed by atoms with Gasteiger partial charge in [-0.05, 0) is 18.2 Å². The third-order valence-corrected chi connectivity index (χ3v) is 2.59. The molecule has 0 amide bonds. The molecule has 0 aromatic carbocycles. The van der Waals surface area contributed by atoms with Crippen LogP contribution in [0.25, 0.3) is 0 Å². The summed E-state index contributed by atoms with van der Waals surface area (Å²) in [7, 11) is 1.60. The van der Waals surface area contributed by atoms with Gasteiger partial charge in [-0.1, -0.05) is 13.0 Å². The van der Waals surface area contributed by atoms with Gasteiger partial charge < -0.3 is 10.1 Å². The molecule has 0 radical (unpaired) electrons. The Morgan fingerprint density at radius 3 is 2.94 bits per heavy atom. The first kappa shape index (κ1) is 12.4. The number of nitrogens with zero attached hydrogens (tertiary/aromatic N) is 3. The molecule has 1 N–H and O–H groups in total. The van der Waals surface area contributed by atoms with Gasteiger partial charge in [0.05, 0.1) is 18.8 Å². The third kappa shape index (κ3) is 2.81. The van der Waals surface area contributed by atoms with E-state index in [0.717, 1.165) is 17.8 Å². The molecule has 2 aromatic heterocycles. The van der Waals surface area contributed by atoms with Crippen molar-refractivity contribution in [2.75, 3.05) is 13.7 Å². The number of ether oxygens (including phenoxy) is 1.